The minimum Gasteiger partial charge on any atom is -0.483 e. The summed E-state index contributed by atoms with van der Waals surface area (Å²) in [5, 5.41) is 0.787. The van der Waals surface area contributed by atoms with Crippen LogP contribution in [0.15, 0.2) is 18.2 Å². The number of aryl methyl sites for hydroxylation is 3. The lowest BCUT2D eigenvalue weighted by Gasteiger charge is -2.25. The molecule has 1 aromatic heterocycles. The van der Waals surface area contributed by atoms with Crippen molar-refractivity contribution in [2.24, 2.45) is 0 Å². The summed E-state index contributed by atoms with van der Waals surface area (Å²) in [6.45, 7) is 8.30. The molecule has 2 aromatic rings. The van der Waals surface area contributed by atoms with Gasteiger partial charge in [0.1, 0.15) is 10.6 Å². The van der Waals surface area contributed by atoms with Crippen LogP contribution in [0.25, 0.3) is 0 Å². The molecular formula is C19H24N4O4S. The van der Waals surface area contributed by atoms with Crippen LogP contribution in [0, 0.1) is 20.8 Å². The maximum Gasteiger partial charge on any atom is 0.281 e. The third kappa shape index (κ3) is 4.99. The fraction of sp³-hybridized carbons (Fsp3) is 0.421. The summed E-state index contributed by atoms with van der Waals surface area (Å²) in [5.41, 5.74) is 7.51. The first-order chi connectivity index (χ1) is 13.4. The number of anilines is 1. The van der Waals surface area contributed by atoms with E-state index in [9.17, 15) is 9.59 Å². The predicted molar refractivity (Wildman–Crippen MR) is 107 cm³/mol. The second-order valence-corrected chi connectivity index (χ2v) is 7.55. The lowest BCUT2D eigenvalue weighted by Crippen LogP contribution is -2.43. The number of benzene rings is 1. The second kappa shape index (κ2) is 9.03. The maximum atomic E-state index is 12.4. The normalized spacial score (nSPS) is 13.9. The molecule has 1 aromatic carbocycles. The monoisotopic (exact) mass is 404 g/mol. The highest BCUT2D eigenvalue weighted by Gasteiger charge is 2.20. The molecule has 1 fully saturated rings. The second-order valence-electron chi connectivity index (χ2n) is 6.57. The maximum absolute atomic E-state index is 12.4. The van der Waals surface area contributed by atoms with E-state index in [1.807, 2.05) is 32.0 Å². The van der Waals surface area contributed by atoms with Crippen LogP contribution in [-0.2, 0) is 9.53 Å². The Kier molecular flexibility index (Phi) is 6.48. The number of hydrazine groups is 1. The Morgan fingerprint density at radius 2 is 1.96 bits per heavy atom. The molecule has 0 spiro atoms. The average molecular weight is 404 g/mol. The van der Waals surface area contributed by atoms with Gasteiger partial charge in [-0.2, -0.15) is 0 Å². The number of aromatic nitrogens is 1. The zero-order valence-corrected chi connectivity index (χ0v) is 17.0. The highest BCUT2D eigenvalue weighted by molar-refractivity contribution is 7.17. The van der Waals surface area contributed by atoms with E-state index >= 15 is 0 Å². The number of carbonyl (C=O) groups is 2. The number of nitrogens with one attached hydrogen (secondary N) is 2. The van der Waals surface area contributed by atoms with Crippen molar-refractivity contribution >= 4 is 28.3 Å². The summed E-state index contributed by atoms with van der Waals surface area (Å²) in [6, 6.07) is 5.72. The molecule has 9 heteroatoms. The fourth-order valence-electron chi connectivity index (χ4n) is 2.81. The Hall–Kier alpha value is -2.65. The highest BCUT2D eigenvalue weighted by Crippen LogP contribution is 2.26. The van der Waals surface area contributed by atoms with E-state index in [-0.39, 0.29) is 6.61 Å². The van der Waals surface area contributed by atoms with E-state index in [1.165, 1.54) is 11.3 Å². The van der Waals surface area contributed by atoms with Gasteiger partial charge in [0, 0.05) is 13.1 Å². The Bertz CT molecular complexity index is 862. The van der Waals surface area contributed by atoms with Crippen molar-refractivity contribution in [3.05, 3.63) is 39.9 Å². The fourth-order valence-corrected chi connectivity index (χ4v) is 3.82. The SMILES string of the molecule is Cc1ccc(OCC(=O)NNC(=O)c2sc(N3CCOCC3)nc2C)c(C)c1. The van der Waals surface area contributed by atoms with Crippen molar-refractivity contribution in [3.63, 3.8) is 0 Å². The average Bonchev–Trinajstić information content (AvgIpc) is 3.08. The van der Waals surface area contributed by atoms with E-state index in [2.05, 4.69) is 20.7 Å². The molecule has 0 unspecified atom stereocenters. The zero-order valence-electron chi connectivity index (χ0n) is 16.2. The first kappa shape index (κ1) is 20.1. The lowest BCUT2D eigenvalue weighted by molar-refractivity contribution is -0.123. The summed E-state index contributed by atoms with van der Waals surface area (Å²) in [4.78, 5) is 31.4. The van der Waals surface area contributed by atoms with Gasteiger partial charge in [-0.15, -0.1) is 0 Å². The van der Waals surface area contributed by atoms with Gasteiger partial charge in [-0.3, -0.25) is 20.4 Å². The molecule has 0 saturated carbocycles. The van der Waals surface area contributed by atoms with Crippen LogP contribution in [0.3, 0.4) is 0 Å². The number of hydrogen-bond donors (Lipinski definition) is 2. The number of hydrogen-bond acceptors (Lipinski definition) is 7. The molecule has 0 aliphatic carbocycles. The first-order valence-corrected chi connectivity index (χ1v) is 9.85. The number of morpholine rings is 1. The van der Waals surface area contributed by atoms with Gasteiger partial charge in [-0.1, -0.05) is 29.0 Å². The van der Waals surface area contributed by atoms with Crippen LogP contribution in [0.4, 0.5) is 5.13 Å². The van der Waals surface area contributed by atoms with Gasteiger partial charge in [0.05, 0.1) is 18.9 Å². The first-order valence-electron chi connectivity index (χ1n) is 9.03. The summed E-state index contributed by atoms with van der Waals surface area (Å²) < 4.78 is 10.8. The van der Waals surface area contributed by atoms with Crippen LogP contribution in [0.1, 0.15) is 26.5 Å². The zero-order chi connectivity index (χ0) is 20.1. The highest BCUT2D eigenvalue weighted by atomic mass is 32.1. The van der Waals surface area contributed by atoms with Crippen molar-refractivity contribution in [2.75, 3.05) is 37.8 Å². The Balaban J connectivity index is 1.50. The topological polar surface area (TPSA) is 92.8 Å². The molecule has 150 valence electrons. The summed E-state index contributed by atoms with van der Waals surface area (Å²) in [6.07, 6.45) is 0. The van der Waals surface area contributed by atoms with Crippen molar-refractivity contribution in [1.82, 2.24) is 15.8 Å². The summed E-state index contributed by atoms with van der Waals surface area (Å²) in [7, 11) is 0. The molecule has 8 nitrogen and oxygen atoms in total. The summed E-state index contributed by atoms with van der Waals surface area (Å²) >= 11 is 1.30. The molecule has 2 heterocycles. The van der Waals surface area contributed by atoms with E-state index < -0.39 is 11.8 Å². The Labute approximate surface area is 167 Å². The minimum atomic E-state index is -0.441. The van der Waals surface area contributed by atoms with Crippen LogP contribution in [-0.4, -0.2) is 49.7 Å². The number of amides is 2. The van der Waals surface area contributed by atoms with Crippen molar-refractivity contribution in [2.45, 2.75) is 20.8 Å². The van der Waals surface area contributed by atoms with Gasteiger partial charge >= 0.3 is 0 Å². The third-order valence-electron chi connectivity index (χ3n) is 4.28. The standard InChI is InChI=1S/C19H24N4O4S/c1-12-4-5-15(13(2)10-12)27-11-16(24)21-22-18(25)17-14(3)20-19(28-17)23-6-8-26-9-7-23/h4-5,10H,6-9,11H2,1-3H3,(H,21,24)(H,22,25). The number of carbonyl (C=O) groups excluding carboxylic acids is 2. The quantitative estimate of drug-likeness (QED) is 0.738. The van der Waals surface area contributed by atoms with E-state index in [1.54, 1.807) is 6.92 Å². The smallest absolute Gasteiger partial charge is 0.281 e. The molecule has 3 rings (SSSR count). The molecule has 1 aliphatic heterocycles. The van der Waals surface area contributed by atoms with E-state index in [0.29, 0.717) is 29.5 Å². The van der Waals surface area contributed by atoms with Crippen LogP contribution in [0.2, 0.25) is 0 Å². The van der Waals surface area contributed by atoms with Gasteiger partial charge in [0.2, 0.25) is 0 Å². The predicted octanol–water partition coefficient (Wildman–Crippen LogP) is 1.74. The van der Waals surface area contributed by atoms with Gasteiger partial charge in [0.25, 0.3) is 11.8 Å². The minimum absolute atomic E-state index is 0.190. The molecule has 0 radical (unpaired) electrons. The van der Waals surface area contributed by atoms with E-state index in [0.717, 1.165) is 29.3 Å². The van der Waals surface area contributed by atoms with Crippen molar-refractivity contribution < 1.29 is 19.1 Å². The van der Waals surface area contributed by atoms with Gasteiger partial charge in [-0.25, -0.2) is 4.98 Å². The number of thiazole rings is 1. The molecule has 28 heavy (non-hydrogen) atoms. The Morgan fingerprint density at radius 3 is 2.68 bits per heavy atom. The third-order valence-corrected chi connectivity index (χ3v) is 5.49. The van der Waals surface area contributed by atoms with Gasteiger partial charge in [-0.05, 0) is 32.4 Å². The molecule has 0 atom stereocenters. The molecule has 2 amide bonds. The number of rotatable bonds is 5. The van der Waals surface area contributed by atoms with Gasteiger partial charge in [0.15, 0.2) is 11.7 Å². The molecular weight excluding hydrogens is 380 g/mol. The van der Waals surface area contributed by atoms with E-state index in [4.69, 9.17) is 9.47 Å². The molecule has 2 N–H and O–H groups in total. The van der Waals surface area contributed by atoms with Crippen LogP contribution in [0.5, 0.6) is 5.75 Å². The summed E-state index contributed by atoms with van der Waals surface area (Å²) in [5.74, 6) is -0.196. The largest absolute Gasteiger partial charge is 0.483 e. The Morgan fingerprint density at radius 1 is 1.21 bits per heavy atom. The molecule has 1 saturated heterocycles. The van der Waals surface area contributed by atoms with Crippen molar-refractivity contribution in [1.29, 1.82) is 0 Å². The van der Waals surface area contributed by atoms with Crippen molar-refractivity contribution in [3.8, 4) is 5.75 Å². The number of ether oxygens (including phenoxy) is 2. The van der Waals surface area contributed by atoms with Gasteiger partial charge < -0.3 is 14.4 Å². The van der Waals surface area contributed by atoms with Crippen LogP contribution >= 0.6 is 11.3 Å². The molecule has 1 aliphatic rings. The van der Waals surface area contributed by atoms with Crippen LogP contribution < -0.4 is 20.5 Å². The number of nitrogens with zero attached hydrogens (tertiary/aromatic N) is 2. The molecule has 0 bridgehead atoms. The lowest BCUT2D eigenvalue weighted by atomic mass is 10.1.